The third-order valence-corrected chi connectivity index (χ3v) is 4.74. The molecule has 0 aromatic carbocycles. The van der Waals surface area contributed by atoms with Crippen molar-refractivity contribution in [3.05, 3.63) is 18.0 Å². The molecule has 0 fully saturated rings. The zero-order valence-electron chi connectivity index (χ0n) is 11.4. The molecule has 1 N–H and O–H groups in total. The van der Waals surface area contributed by atoms with Crippen LogP contribution in [0.25, 0.3) is 0 Å². The number of hydrogen-bond acceptors (Lipinski definition) is 4. The van der Waals surface area contributed by atoms with Gasteiger partial charge in [-0.3, -0.25) is 9.48 Å². The normalized spacial score (nSPS) is 15.1. The topological polar surface area (TPSA) is 89.3 Å². The number of carbonyl (C=O) groups is 1. The molecule has 0 amide bonds. The van der Waals surface area contributed by atoms with E-state index in [9.17, 15) is 13.2 Å². The van der Waals surface area contributed by atoms with E-state index in [1.165, 1.54) is 6.92 Å². The fourth-order valence-corrected chi connectivity index (χ4v) is 3.25. The average molecular weight is 288 g/mol. The maximum Gasteiger partial charge on any atom is 0.307 e. The molecule has 19 heavy (non-hydrogen) atoms. The number of aliphatic carboxylic acids is 1. The molecular formula is C12H20N2O4S. The average Bonchev–Trinajstić information content (AvgIpc) is 2.74. The van der Waals surface area contributed by atoms with Gasteiger partial charge in [-0.1, -0.05) is 13.8 Å². The quantitative estimate of drug-likeness (QED) is 0.821. The highest BCUT2D eigenvalue weighted by Gasteiger charge is 2.22. The summed E-state index contributed by atoms with van der Waals surface area (Å²) in [5, 5.41) is 12.9. The van der Waals surface area contributed by atoms with E-state index in [4.69, 9.17) is 5.11 Å². The molecule has 1 heterocycles. The molecule has 0 aliphatic carbocycles. The summed E-state index contributed by atoms with van der Waals surface area (Å²) in [5.74, 6) is -2.58. The number of hydrogen-bond donors (Lipinski definition) is 1. The lowest BCUT2D eigenvalue weighted by molar-refractivity contribution is -0.140. The SMILES string of the molecule is CCC(C)n1ccc(CS(=O)(=O)CC(C)C(=O)O)n1. The first kappa shape index (κ1) is 15.7. The lowest BCUT2D eigenvalue weighted by Gasteiger charge is -2.09. The Morgan fingerprint density at radius 1 is 1.47 bits per heavy atom. The van der Waals surface area contributed by atoms with Gasteiger partial charge < -0.3 is 5.11 Å². The minimum absolute atomic E-state index is 0.214. The van der Waals surface area contributed by atoms with E-state index < -0.39 is 21.7 Å². The van der Waals surface area contributed by atoms with E-state index >= 15 is 0 Å². The van der Waals surface area contributed by atoms with E-state index in [-0.39, 0.29) is 17.5 Å². The highest BCUT2D eigenvalue weighted by molar-refractivity contribution is 7.90. The van der Waals surface area contributed by atoms with Crippen LogP contribution >= 0.6 is 0 Å². The van der Waals surface area contributed by atoms with Crippen LogP contribution in [-0.2, 0) is 20.4 Å². The third-order valence-electron chi connectivity index (χ3n) is 3.00. The van der Waals surface area contributed by atoms with Crippen molar-refractivity contribution >= 4 is 15.8 Å². The third kappa shape index (κ3) is 4.66. The maximum atomic E-state index is 11.9. The summed E-state index contributed by atoms with van der Waals surface area (Å²) in [7, 11) is -3.45. The summed E-state index contributed by atoms with van der Waals surface area (Å²) >= 11 is 0. The van der Waals surface area contributed by atoms with Gasteiger partial charge in [0, 0.05) is 12.2 Å². The molecule has 2 atom stereocenters. The number of carboxylic acid groups (broad SMARTS) is 1. The lowest BCUT2D eigenvalue weighted by Crippen LogP contribution is -2.22. The van der Waals surface area contributed by atoms with Crippen molar-refractivity contribution in [3.8, 4) is 0 Å². The summed E-state index contributed by atoms with van der Waals surface area (Å²) in [6, 6.07) is 1.88. The summed E-state index contributed by atoms with van der Waals surface area (Å²) in [5.41, 5.74) is 0.456. The van der Waals surface area contributed by atoms with Gasteiger partial charge in [-0.2, -0.15) is 5.10 Å². The zero-order valence-corrected chi connectivity index (χ0v) is 12.2. The van der Waals surface area contributed by atoms with Crippen LogP contribution in [0.15, 0.2) is 12.3 Å². The second kappa shape index (κ2) is 6.18. The molecule has 1 aromatic rings. The lowest BCUT2D eigenvalue weighted by atomic mass is 10.2. The van der Waals surface area contributed by atoms with Crippen molar-refractivity contribution in [3.63, 3.8) is 0 Å². The molecule has 1 aromatic heterocycles. The molecule has 0 spiro atoms. The standard InChI is InChI=1S/C12H20N2O4S/c1-4-10(3)14-6-5-11(13-14)8-19(17,18)7-9(2)12(15)16/h5-6,9-10H,4,7-8H2,1-3H3,(H,15,16). The van der Waals surface area contributed by atoms with Gasteiger partial charge >= 0.3 is 5.97 Å². The van der Waals surface area contributed by atoms with Crippen LogP contribution in [0, 0.1) is 5.92 Å². The molecule has 0 aliphatic rings. The van der Waals surface area contributed by atoms with Crippen LogP contribution in [-0.4, -0.2) is 35.0 Å². The Morgan fingerprint density at radius 2 is 2.11 bits per heavy atom. The van der Waals surface area contributed by atoms with Crippen LogP contribution in [0.2, 0.25) is 0 Å². The van der Waals surface area contributed by atoms with Gasteiger partial charge in [0.1, 0.15) is 0 Å². The molecule has 108 valence electrons. The summed E-state index contributed by atoms with van der Waals surface area (Å²) in [6.45, 7) is 5.41. The largest absolute Gasteiger partial charge is 0.481 e. The number of aromatic nitrogens is 2. The highest BCUT2D eigenvalue weighted by Crippen LogP contribution is 2.12. The Hall–Kier alpha value is -1.37. The monoisotopic (exact) mass is 288 g/mol. The predicted octanol–water partition coefficient (Wildman–Crippen LogP) is 1.49. The molecular weight excluding hydrogens is 268 g/mol. The Kier molecular flexibility index (Phi) is 5.11. The van der Waals surface area contributed by atoms with Crippen LogP contribution in [0.1, 0.15) is 38.9 Å². The Bertz CT molecular complexity index is 536. The molecule has 0 saturated heterocycles. The van der Waals surface area contributed by atoms with Gasteiger partial charge in [0.25, 0.3) is 0 Å². The van der Waals surface area contributed by atoms with Crippen LogP contribution < -0.4 is 0 Å². The van der Waals surface area contributed by atoms with Gasteiger partial charge in [-0.15, -0.1) is 0 Å². The number of nitrogens with zero attached hydrogens (tertiary/aromatic N) is 2. The minimum atomic E-state index is -3.45. The van der Waals surface area contributed by atoms with Gasteiger partial charge in [0.2, 0.25) is 0 Å². The van der Waals surface area contributed by atoms with E-state index in [0.717, 1.165) is 6.42 Å². The van der Waals surface area contributed by atoms with E-state index in [1.807, 2.05) is 13.8 Å². The van der Waals surface area contributed by atoms with E-state index in [1.54, 1.807) is 16.9 Å². The van der Waals surface area contributed by atoms with Crippen molar-refractivity contribution < 1.29 is 18.3 Å². The number of carboxylic acids is 1. The highest BCUT2D eigenvalue weighted by atomic mass is 32.2. The summed E-state index contributed by atoms with van der Waals surface area (Å²) < 4.78 is 25.4. The zero-order chi connectivity index (χ0) is 14.6. The van der Waals surface area contributed by atoms with Crippen molar-refractivity contribution in [1.82, 2.24) is 9.78 Å². The maximum absolute atomic E-state index is 11.9. The molecule has 7 heteroatoms. The second-order valence-corrected chi connectivity index (χ2v) is 6.95. The second-order valence-electron chi connectivity index (χ2n) is 4.84. The molecule has 0 aliphatic heterocycles. The Balaban J connectivity index is 2.73. The molecule has 0 bridgehead atoms. The first-order valence-corrected chi connectivity index (χ1v) is 8.04. The van der Waals surface area contributed by atoms with E-state index in [2.05, 4.69) is 5.10 Å². The van der Waals surface area contributed by atoms with Crippen molar-refractivity contribution in [1.29, 1.82) is 0 Å². The summed E-state index contributed by atoms with van der Waals surface area (Å²) in [4.78, 5) is 10.7. The Morgan fingerprint density at radius 3 is 2.63 bits per heavy atom. The number of rotatable bonds is 7. The molecule has 0 radical (unpaired) electrons. The van der Waals surface area contributed by atoms with Crippen molar-refractivity contribution in [2.24, 2.45) is 5.92 Å². The van der Waals surface area contributed by atoms with Gasteiger partial charge in [0.05, 0.1) is 23.1 Å². The molecule has 0 saturated carbocycles. The van der Waals surface area contributed by atoms with Crippen molar-refractivity contribution in [2.45, 2.75) is 39.0 Å². The van der Waals surface area contributed by atoms with Gasteiger partial charge in [-0.25, -0.2) is 8.42 Å². The fourth-order valence-electron chi connectivity index (χ4n) is 1.62. The Labute approximate surface area is 113 Å². The molecule has 2 unspecified atom stereocenters. The summed E-state index contributed by atoms with van der Waals surface area (Å²) in [6.07, 6.45) is 2.66. The van der Waals surface area contributed by atoms with E-state index in [0.29, 0.717) is 5.69 Å². The van der Waals surface area contributed by atoms with Gasteiger partial charge in [0.15, 0.2) is 9.84 Å². The molecule has 6 nitrogen and oxygen atoms in total. The van der Waals surface area contributed by atoms with Crippen LogP contribution in [0.4, 0.5) is 0 Å². The first-order valence-electron chi connectivity index (χ1n) is 6.22. The minimum Gasteiger partial charge on any atom is -0.481 e. The van der Waals surface area contributed by atoms with Crippen molar-refractivity contribution in [2.75, 3.05) is 5.75 Å². The smallest absolute Gasteiger partial charge is 0.307 e. The predicted molar refractivity (Wildman–Crippen MR) is 71.5 cm³/mol. The first-order chi connectivity index (χ1) is 8.75. The van der Waals surface area contributed by atoms with Gasteiger partial charge in [-0.05, 0) is 19.4 Å². The van der Waals surface area contributed by atoms with Crippen LogP contribution in [0.3, 0.4) is 0 Å². The molecule has 1 rings (SSSR count). The fraction of sp³-hybridized carbons (Fsp3) is 0.667. The van der Waals surface area contributed by atoms with Crippen LogP contribution in [0.5, 0.6) is 0 Å². The number of sulfone groups is 1.